The Morgan fingerprint density at radius 1 is 1.11 bits per heavy atom. The van der Waals surface area contributed by atoms with Gasteiger partial charge in [0, 0.05) is 36.6 Å². The number of rotatable bonds is 5. The van der Waals surface area contributed by atoms with Crippen LogP contribution in [0.15, 0.2) is 48.7 Å². The molecule has 196 valence electrons. The molecular weight excluding hydrogens is 502 g/mol. The number of ether oxygens (including phenoxy) is 1. The van der Waals surface area contributed by atoms with Gasteiger partial charge in [-0.15, -0.1) is 0 Å². The van der Waals surface area contributed by atoms with Crippen molar-refractivity contribution in [1.29, 1.82) is 0 Å². The van der Waals surface area contributed by atoms with Gasteiger partial charge in [0.05, 0.1) is 17.5 Å². The molecule has 1 aliphatic heterocycles. The molecule has 1 aliphatic rings. The predicted octanol–water partition coefficient (Wildman–Crippen LogP) is 5.85. The second kappa shape index (κ2) is 10.9. The Balaban J connectivity index is 1.59. The fraction of sp³-hybridized carbons (Fsp3) is 0.370. The first kappa shape index (κ1) is 26.6. The minimum absolute atomic E-state index is 0.0442. The Morgan fingerprint density at radius 3 is 2.41 bits per heavy atom. The fourth-order valence-corrected chi connectivity index (χ4v) is 4.44. The molecule has 7 nitrogen and oxygen atoms in total. The molecule has 0 radical (unpaired) electrons. The summed E-state index contributed by atoms with van der Waals surface area (Å²) in [6.45, 7) is 6.50. The minimum Gasteiger partial charge on any atom is -0.444 e. The third-order valence-electron chi connectivity index (χ3n) is 6.09. The number of carbonyl (C=O) groups is 2. The lowest BCUT2D eigenvalue weighted by molar-refractivity contribution is 0.0203. The number of nitrogens with one attached hydrogen (secondary N) is 1. The number of halogens is 3. The van der Waals surface area contributed by atoms with Gasteiger partial charge in [-0.3, -0.25) is 4.79 Å². The second-order valence-electron chi connectivity index (χ2n) is 10.0. The molecule has 0 atom stereocenters. The average Bonchev–Trinajstić information content (AvgIpc) is 3.27. The highest BCUT2D eigenvalue weighted by Gasteiger charge is 2.32. The van der Waals surface area contributed by atoms with Gasteiger partial charge in [0.25, 0.3) is 5.91 Å². The van der Waals surface area contributed by atoms with Crippen LogP contribution in [-0.2, 0) is 11.3 Å². The monoisotopic (exact) mass is 530 g/mol. The van der Waals surface area contributed by atoms with Crippen molar-refractivity contribution in [1.82, 2.24) is 20.0 Å². The van der Waals surface area contributed by atoms with Gasteiger partial charge in [0.2, 0.25) is 0 Å². The van der Waals surface area contributed by atoms with Crippen LogP contribution in [0.2, 0.25) is 5.02 Å². The Hall–Kier alpha value is -3.46. The molecule has 37 heavy (non-hydrogen) atoms. The summed E-state index contributed by atoms with van der Waals surface area (Å²) in [6, 6.07) is 10.3. The molecular formula is C27H29ClF2N4O3. The van der Waals surface area contributed by atoms with Gasteiger partial charge in [-0.25, -0.2) is 18.3 Å². The van der Waals surface area contributed by atoms with Crippen LogP contribution in [0.4, 0.5) is 13.6 Å². The Morgan fingerprint density at radius 2 is 1.78 bits per heavy atom. The van der Waals surface area contributed by atoms with E-state index in [0.29, 0.717) is 42.2 Å². The molecule has 2 aromatic carbocycles. The lowest BCUT2D eigenvalue weighted by Gasteiger charge is -2.34. The maximum absolute atomic E-state index is 14.7. The zero-order valence-corrected chi connectivity index (χ0v) is 21.7. The van der Waals surface area contributed by atoms with Crippen LogP contribution < -0.4 is 5.32 Å². The summed E-state index contributed by atoms with van der Waals surface area (Å²) in [6.07, 6.45) is 2.04. The summed E-state index contributed by atoms with van der Waals surface area (Å²) in [5.41, 5.74) is 1.11. The van der Waals surface area contributed by atoms with Gasteiger partial charge >= 0.3 is 6.09 Å². The van der Waals surface area contributed by atoms with Gasteiger partial charge in [-0.05, 0) is 63.4 Å². The van der Waals surface area contributed by atoms with Crippen LogP contribution in [0.25, 0.3) is 5.69 Å². The molecule has 2 heterocycles. The maximum atomic E-state index is 14.7. The van der Waals surface area contributed by atoms with Gasteiger partial charge in [0.15, 0.2) is 5.82 Å². The molecule has 2 amide bonds. The van der Waals surface area contributed by atoms with Gasteiger partial charge in [0.1, 0.15) is 17.1 Å². The second-order valence-corrected chi connectivity index (χ2v) is 10.4. The van der Waals surface area contributed by atoms with Crippen LogP contribution in [0.1, 0.15) is 61.1 Å². The minimum atomic E-state index is -0.788. The molecule has 0 aliphatic carbocycles. The summed E-state index contributed by atoms with van der Waals surface area (Å²) < 4.78 is 35.2. The van der Waals surface area contributed by atoms with E-state index in [1.807, 2.05) is 32.9 Å². The Labute approximate surface area is 219 Å². The number of likely N-dealkylation sites (tertiary alicyclic amines) is 1. The van der Waals surface area contributed by atoms with E-state index in [1.54, 1.807) is 17.0 Å². The van der Waals surface area contributed by atoms with Crippen molar-refractivity contribution < 1.29 is 23.1 Å². The van der Waals surface area contributed by atoms with Crippen molar-refractivity contribution >= 4 is 23.6 Å². The highest BCUT2D eigenvalue weighted by atomic mass is 35.5. The van der Waals surface area contributed by atoms with E-state index in [0.717, 1.165) is 17.7 Å². The molecule has 1 saturated heterocycles. The number of carbonyl (C=O) groups excluding carboxylic acids is 2. The summed E-state index contributed by atoms with van der Waals surface area (Å²) in [5, 5.41) is 7.79. The number of hydrogen-bond donors (Lipinski definition) is 1. The summed E-state index contributed by atoms with van der Waals surface area (Å²) in [7, 11) is 0. The van der Waals surface area contributed by atoms with E-state index in [2.05, 4.69) is 10.4 Å². The quantitative estimate of drug-likeness (QED) is 0.449. The van der Waals surface area contributed by atoms with Gasteiger partial charge < -0.3 is 15.0 Å². The van der Waals surface area contributed by atoms with Gasteiger partial charge in [-0.1, -0.05) is 23.7 Å². The highest BCUT2D eigenvalue weighted by Crippen LogP contribution is 2.33. The van der Waals surface area contributed by atoms with Gasteiger partial charge in [-0.2, -0.15) is 5.10 Å². The lowest BCUT2D eigenvalue weighted by Crippen LogP contribution is -2.41. The predicted molar refractivity (Wildman–Crippen MR) is 136 cm³/mol. The van der Waals surface area contributed by atoms with E-state index in [1.165, 1.54) is 16.9 Å². The van der Waals surface area contributed by atoms with Crippen molar-refractivity contribution in [2.45, 2.75) is 51.7 Å². The Bertz CT molecular complexity index is 1280. The molecule has 0 unspecified atom stereocenters. The van der Waals surface area contributed by atoms with Crippen LogP contribution >= 0.6 is 11.6 Å². The molecule has 4 rings (SSSR count). The zero-order valence-electron chi connectivity index (χ0n) is 20.9. The molecule has 1 aromatic heterocycles. The third-order valence-corrected chi connectivity index (χ3v) is 6.34. The standard InChI is InChI=1S/C27H29ClF2N4O3/c1-27(2,3)37-26(36)33-12-10-18(11-13-33)24-21(25(35)31-15-17-4-6-19(28)7-5-17)16-32-34(24)23-9-8-20(29)14-22(23)30/h4-9,14,16,18H,10-13,15H2,1-3H3,(H,31,35). The third kappa shape index (κ3) is 6.46. The van der Waals surface area contributed by atoms with E-state index in [4.69, 9.17) is 16.3 Å². The van der Waals surface area contributed by atoms with E-state index in [-0.39, 0.29) is 24.1 Å². The largest absolute Gasteiger partial charge is 0.444 e. The number of amides is 2. The molecule has 3 aromatic rings. The summed E-state index contributed by atoms with van der Waals surface area (Å²) >= 11 is 5.94. The fourth-order valence-electron chi connectivity index (χ4n) is 4.31. The van der Waals surface area contributed by atoms with E-state index < -0.39 is 23.3 Å². The van der Waals surface area contributed by atoms with Crippen molar-refractivity contribution in [2.75, 3.05) is 13.1 Å². The summed E-state index contributed by atoms with van der Waals surface area (Å²) in [4.78, 5) is 27.4. The van der Waals surface area contributed by atoms with Crippen molar-refractivity contribution in [3.05, 3.63) is 82.1 Å². The first-order valence-electron chi connectivity index (χ1n) is 12.1. The first-order chi connectivity index (χ1) is 17.5. The molecule has 1 fully saturated rings. The van der Waals surface area contributed by atoms with E-state index in [9.17, 15) is 18.4 Å². The number of piperidine rings is 1. The van der Waals surface area contributed by atoms with E-state index >= 15 is 0 Å². The van der Waals surface area contributed by atoms with Crippen molar-refractivity contribution in [3.8, 4) is 5.69 Å². The van der Waals surface area contributed by atoms with Crippen LogP contribution in [-0.4, -0.2) is 45.4 Å². The topological polar surface area (TPSA) is 76.5 Å². The van der Waals surface area contributed by atoms with Crippen molar-refractivity contribution in [3.63, 3.8) is 0 Å². The normalized spacial score (nSPS) is 14.5. The molecule has 10 heteroatoms. The molecule has 0 saturated carbocycles. The lowest BCUT2D eigenvalue weighted by atomic mass is 9.90. The highest BCUT2D eigenvalue weighted by molar-refractivity contribution is 6.30. The number of hydrogen-bond acceptors (Lipinski definition) is 4. The zero-order chi connectivity index (χ0) is 26.7. The SMILES string of the molecule is CC(C)(C)OC(=O)N1CCC(c2c(C(=O)NCc3ccc(Cl)cc3)cnn2-c2ccc(F)cc2F)CC1. The number of nitrogens with zero attached hydrogens (tertiary/aromatic N) is 3. The van der Waals surface area contributed by atoms with Crippen LogP contribution in [0.3, 0.4) is 0 Å². The van der Waals surface area contributed by atoms with Crippen LogP contribution in [0, 0.1) is 11.6 Å². The number of benzene rings is 2. The first-order valence-corrected chi connectivity index (χ1v) is 12.4. The molecule has 0 bridgehead atoms. The Kier molecular flexibility index (Phi) is 7.82. The average molecular weight is 531 g/mol. The molecule has 1 N–H and O–H groups in total. The van der Waals surface area contributed by atoms with Crippen LogP contribution in [0.5, 0.6) is 0 Å². The number of aromatic nitrogens is 2. The maximum Gasteiger partial charge on any atom is 0.410 e. The summed E-state index contributed by atoms with van der Waals surface area (Å²) in [5.74, 6) is -2.06. The van der Waals surface area contributed by atoms with Crippen molar-refractivity contribution in [2.24, 2.45) is 0 Å². The smallest absolute Gasteiger partial charge is 0.410 e. The molecule has 0 spiro atoms.